The topological polar surface area (TPSA) is 59.0 Å². The maximum Gasteiger partial charge on any atom is 0.243 e. The normalized spacial score (nSPS) is 15.3. The Morgan fingerprint density at radius 1 is 1.00 bits per heavy atom. The van der Waals surface area contributed by atoms with Crippen LogP contribution in [0, 0.1) is 0 Å². The van der Waals surface area contributed by atoms with Gasteiger partial charge < -0.3 is 4.84 Å². The number of hydrogen-bond acceptors (Lipinski definition) is 4. The largest absolute Gasteiger partial charge is 0.391 e. The summed E-state index contributed by atoms with van der Waals surface area (Å²) in [6.07, 6.45) is 4.38. The molecule has 2 aromatic rings. The Balaban J connectivity index is 1.52. The van der Waals surface area contributed by atoms with Crippen LogP contribution in [0.1, 0.15) is 43.7 Å². The average Bonchev–Trinajstić information content (AvgIpc) is 2.74. The van der Waals surface area contributed by atoms with E-state index in [0.717, 1.165) is 30.5 Å². The summed E-state index contributed by atoms with van der Waals surface area (Å²) in [4.78, 5) is 5.79. The van der Waals surface area contributed by atoms with Gasteiger partial charge in [-0.15, -0.1) is 0 Å². The minimum Gasteiger partial charge on any atom is -0.391 e. The molecule has 0 bridgehead atoms. The van der Waals surface area contributed by atoms with Crippen molar-refractivity contribution in [3.8, 4) is 0 Å². The molecule has 1 fully saturated rings. The van der Waals surface area contributed by atoms with Crippen LogP contribution in [0.25, 0.3) is 0 Å². The van der Waals surface area contributed by atoms with Gasteiger partial charge >= 0.3 is 0 Å². The Kier molecular flexibility index (Phi) is 7.70. The highest BCUT2D eigenvalue weighted by molar-refractivity contribution is 7.89. The number of piperidine rings is 1. The molecular weight excluding hydrogens is 408 g/mol. The van der Waals surface area contributed by atoms with Crippen LogP contribution >= 0.6 is 11.6 Å². The molecule has 0 N–H and O–H groups in total. The van der Waals surface area contributed by atoms with Crippen LogP contribution in [0.2, 0.25) is 5.02 Å². The summed E-state index contributed by atoms with van der Waals surface area (Å²) in [5.41, 5.74) is 3.05. The van der Waals surface area contributed by atoms with Crippen LogP contribution in [-0.2, 0) is 27.9 Å². The summed E-state index contributed by atoms with van der Waals surface area (Å²) in [6, 6.07) is 14.7. The third-order valence-electron chi connectivity index (χ3n) is 5.02. The van der Waals surface area contributed by atoms with Gasteiger partial charge in [-0.05, 0) is 48.2 Å². The fraction of sp³-hybridized carbons (Fsp3) is 0.409. The molecule has 1 saturated heterocycles. The van der Waals surface area contributed by atoms with Crippen molar-refractivity contribution >= 4 is 27.3 Å². The second kappa shape index (κ2) is 10.2. The number of hydrogen-bond donors (Lipinski definition) is 0. The zero-order chi connectivity index (χ0) is 20.7. The Morgan fingerprint density at radius 3 is 2.24 bits per heavy atom. The summed E-state index contributed by atoms with van der Waals surface area (Å²) in [5, 5.41) is 4.88. The summed E-state index contributed by atoms with van der Waals surface area (Å²) in [6.45, 7) is 3.36. The molecule has 0 radical (unpaired) electrons. The highest BCUT2D eigenvalue weighted by Gasteiger charge is 2.28. The average molecular weight is 435 g/mol. The molecule has 7 heteroatoms. The molecule has 156 valence electrons. The first kappa shape index (κ1) is 21.8. The molecule has 0 unspecified atom stereocenters. The Morgan fingerprint density at radius 2 is 1.62 bits per heavy atom. The van der Waals surface area contributed by atoms with Gasteiger partial charge in [0.25, 0.3) is 0 Å². The van der Waals surface area contributed by atoms with E-state index in [4.69, 9.17) is 16.4 Å². The van der Waals surface area contributed by atoms with E-state index in [1.54, 1.807) is 12.1 Å². The van der Waals surface area contributed by atoms with Crippen LogP contribution in [0.5, 0.6) is 0 Å². The van der Waals surface area contributed by atoms with Gasteiger partial charge in [0.05, 0.1) is 10.6 Å². The van der Waals surface area contributed by atoms with E-state index in [1.165, 1.54) is 9.87 Å². The number of sulfonamides is 1. The van der Waals surface area contributed by atoms with Crippen LogP contribution in [0.15, 0.2) is 58.6 Å². The summed E-state index contributed by atoms with van der Waals surface area (Å²) in [7, 11) is -3.47. The third kappa shape index (κ3) is 6.04. The fourth-order valence-electron chi connectivity index (χ4n) is 3.21. The van der Waals surface area contributed by atoms with Crippen molar-refractivity contribution in [2.24, 2.45) is 5.16 Å². The number of nitrogens with zero attached hydrogens (tertiary/aromatic N) is 2. The molecular formula is C22H27ClN2O3S. The number of rotatable bonds is 8. The summed E-state index contributed by atoms with van der Waals surface area (Å²) < 4.78 is 27.3. The van der Waals surface area contributed by atoms with Crippen molar-refractivity contribution in [2.45, 2.75) is 50.5 Å². The minimum absolute atomic E-state index is 0.358. The van der Waals surface area contributed by atoms with Gasteiger partial charge in [0, 0.05) is 31.0 Å². The van der Waals surface area contributed by atoms with E-state index < -0.39 is 10.0 Å². The van der Waals surface area contributed by atoms with E-state index >= 15 is 0 Å². The molecule has 3 rings (SSSR count). The highest BCUT2D eigenvalue weighted by Crippen LogP contribution is 2.21. The lowest BCUT2D eigenvalue weighted by atomic mass is 10.1. The molecule has 0 aliphatic carbocycles. The van der Waals surface area contributed by atoms with Crippen LogP contribution in [-0.4, -0.2) is 31.5 Å². The fourth-order valence-corrected chi connectivity index (χ4v) is 4.78. The molecule has 29 heavy (non-hydrogen) atoms. The molecule has 0 aromatic heterocycles. The number of unbranched alkanes of at least 4 members (excludes halogenated alkanes) is 1. The zero-order valence-electron chi connectivity index (χ0n) is 16.7. The molecule has 5 nitrogen and oxygen atoms in total. The van der Waals surface area contributed by atoms with Gasteiger partial charge in [0.2, 0.25) is 10.0 Å². The van der Waals surface area contributed by atoms with Crippen molar-refractivity contribution in [3.05, 3.63) is 64.7 Å². The van der Waals surface area contributed by atoms with Gasteiger partial charge in [-0.1, -0.05) is 54.4 Å². The van der Waals surface area contributed by atoms with E-state index in [-0.39, 0.29) is 0 Å². The van der Waals surface area contributed by atoms with Crippen LogP contribution in [0.3, 0.4) is 0 Å². The lowest BCUT2D eigenvalue weighted by Gasteiger charge is -2.26. The zero-order valence-corrected chi connectivity index (χ0v) is 18.3. The van der Waals surface area contributed by atoms with Crippen LogP contribution in [0.4, 0.5) is 0 Å². The van der Waals surface area contributed by atoms with Crippen molar-refractivity contribution < 1.29 is 13.3 Å². The monoisotopic (exact) mass is 434 g/mol. The molecule has 2 aromatic carbocycles. The second-order valence-electron chi connectivity index (χ2n) is 7.21. The third-order valence-corrected chi connectivity index (χ3v) is 7.18. The number of oxime groups is 1. The number of benzene rings is 2. The van der Waals surface area contributed by atoms with Gasteiger partial charge in [0.15, 0.2) is 0 Å². The molecule has 0 saturated carbocycles. The van der Waals surface area contributed by atoms with Crippen molar-refractivity contribution in [2.75, 3.05) is 13.1 Å². The second-order valence-corrected chi connectivity index (χ2v) is 9.58. The van der Waals surface area contributed by atoms with Crippen molar-refractivity contribution in [1.29, 1.82) is 0 Å². The predicted octanol–water partition coefficient (Wildman–Crippen LogP) is 5.04. The highest BCUT2D eigenvalue weighted by atomic mass is 35.5. The quantitative estimate of drug-likeness (QED) is 0.547. The van der Waals surface area contributed by atoms with E-state index in [1.807, 2.05) is 36.4 Å². The van der Waals surface area contributed by atoms with Gasteiger partial charge in [-0.3, -0.25) is 0 Å². The van der Waals surface area contributed by atoms with Crippen molar-refractivity contribution in [3.63, 3.8) is 0 Å². The SMILES string of the molecule is CCCCc1ccc(S(=O)(=O)N2CCC(=NOCc3ccc(Cl)cc3)CC2)cc1. The maximum atomic E-state index is 12.9. The van der Waals surface area contributed by atoms with Gasteiger partial charge in [-0.25, -0.2) is 8.42 Å². The van der Waals surface area contributed by atoms with Gasteiger partial charge in [-0.2, -0.15) is 4.31 Å². The number of aryl methyl sites for hydroxylation is 1. The predicted molar refractivity (Wildman–Crippen MR) is 117 cm³/mol. The first-order valence-electron chi connectivity index (χ1n) is 10.0. The summed E-state index contributed by atoms with van der Waals surface area (Å²) in [5.74, 6) is 0. The van der Waals surface area contributed by atoms with Crippen LogP contribution < -0.4 is 0 Å². The summed E-state index contributed by atoms with van der Waals surface area (Å²) >= 11 is 5.87. The lowest BCUT2D eigenvalue weighted by molar-refractivity contribution is 0.128. The Bertz CT molecular complexity index is 916. The first-order valence-corrected chi connectivity index (χ1v) is 11.8. The molecule has 0 amide bonds. The Labute approximate surface area is 178 Å². The number of halogens is 1. The van der Waals surface area contributed by atoms with Crippen molar-refractivity contribution in [1.82, 2.24) is 4.31 Å². The van der Waals surface area contributed by atoms with E-state index in [9.17, 15) is 8.42 Å². The molecule has 1 aliphatic rings. The van der Waals surface area contributed by atoms with E-state index in [0.29, 0.717) is 42.5 Å². The Hall–Kier alpha value is -1.89. The van der Waals surface area contributed by atoms with E-state index in [2.05, 4.69) is 12.1 Å². The first-order chi connectivity index (χ1) is 14.0. The van der Waals surface area contributed by atoms with Gasteiger partial charge in [0.1, 0.15) is 6.61 Å². The molecule has 0 spiro atoms. The standard InChI is InChI=1S/C22H27ClN2O3S/c1-2-3-4-18-7-11-22(12-8-18)29(26,27)25-15-13-21(14-16-25)24-28-17-19-5-9-20(23)10-6-19/h5-12H,2-4,13-17H2,1H3. The lowest BCUT2D eigenvalue weighted by Crippen LogP contribution is -2.38. The molecule has 1 aliphatic heterocycles. The maximum absolute atomic E-state index is 12.9. The molecule has 1 heterocycles. The minimum atomic E-state index is -3.47. The smallest absolute Gasteiger partial charge is 0.243 e. The molecule has 0 atom stereocenters.